The molecule has 0 N–H and O–H groups in total. The summed E-state index contributed by atoms with van der Waals surface area (Å²) in [5.41, 5.74) is 7.63. The Hall–Kier alpha value is -6.64. The highest BCUT2D eigenvalue weighted by atomic mass is 16.3. The molecule has 0 atom stereocenters. The molecule has 0 unspecified atom stereocenters. The van der Waals surface area contributed by atoms with Crippen molar-refractivity contribution in [1.29, 1.82) is 0 Å². The molecule has 0 bridgehead atoms. The van der Waals surface area contributed by atoms with E-state index in [2.05, 4.69) is 181 Å². The van der Waals surface area contributed by atoms with E-state index < -0.39 is 0 Å². The molecule has 50 heavy (non-hydrogen) atoms. The third-order valence-electron chi connectivity index (χ3n) is 10.0. The second-order valence-electron chi connectivity index (χ2n) is 12.9. The molecule has 10 rings (SSSR count). The van der Waals surface area contributed by atoms with Gasteiger partial charge >= 0.3 is 0 Å². The smallest absolute Gasteiger partial charge is 0.135 e. The third kappa shape index (κ3) is 4.65. The standard InChI is InChI=1S/C48H31NO/c1-4-17-39-33(12-1)29-45(43-21-7-6-19-41(39)43)32-24-26-37(27-25-32)49(46-30-34-13-2-5-18-40(34)42-20-8-9-22-44(42)46)38-16-11-15-35(28-38)48-31-36-14-3-10-23-47(36)50-48/h1-31H. The van der Waals surface area contributed by atoms with Gasteiger partial charge in [0.2, 0.25) is 0 Å². The van der Waals surface area contributed by atoms with Crippen LogP contribution in [0.3, 0.4) is 0 Å². The van der Waals surface area contributed by atoms with Crippen LogP contribution in [0.15, 0.2) is 192 Å². The number of para-hydroxylation sites is 1. The van der Waals surface area contributed by atoms with Crippen molar-refractivity contribution in [2.45, 2.75) is 0 Å². The van der Waals surface area contributed by atoms with E-state index in [1.807, 2.05) is 12.1 Å². The lowest BCUT2D eigenvalue weighted by Crippen LogP contribution is -2.10. The molecule has 0 aliphatic carbocycles. The average Bonchev–Trinajstić information content (AvgIpc) is 3.63. The maximum absolute atomic E-state index is 6.34. The number of hydrogen-bond donors (Lipinski definition) is 0. The monoisotopic (exact) mass is 637 g/mol. The van der Waals surface area contributed by atoms with E-state index in [0.29, 0.717) is 0 Å². The Bertz CT molecular complexity index is 2850. The summed E-state index contributed by atoms with van der Waals surface area (Å²) in [4.78, 5) is 2.39. The molecule has 9 aromatic carbocycles. The minimum atomic E-state index is 0.856. The molecule has 234 valence electrons. The first-order valence-electron chi connectivity index (χ1n) is 17.1. The van der Waals surface area contributed by atoms with Crippen LogP contribution in [-0.4, -0.2) is 0 Å². The van der Waals surface area contributed by atoms with Crippen LogP contribution in [0, 0.1) is 0 Å². The van der Waals surface area contributed by atoms with Crippen molar-refractivity contribution in [2.24, 2.45) is 0 Å². The van der Waals surface area contributed by atoms with Crippen molar-refractivity contribution in [1.82, 2.24) is 0 Å². The van der Waals surface area contributed by atoms with Gasteiger partial charge in [-0.05, 0) is 97.4 Å². The summed E-state index contributed by atoms with van der Waals surface area (Å²) < 4.78 is 6.34. The lowest BCUT2D eigenvalue weighted by atomic mass is 9.93. The fraction of sp³-hybridized carbons (Fsp3) is 0. The van der Waals surface area contributed by atoms with Crippen molar-refractivity contribution in [3.63, 3.8) is 0 Å². The van der Waals surface area contributed by atoms with Gasteiger partial charge in [0.1, 0.15) is 11.3 Å². The first-order valence-corrected chi connectivity index (χ1v) is 17.1. The number of hydrogen-bond acceptors (Lipinski definition) is 2. The van der Waals surface area contributed by atoms with Crippen LogP contribution in [0.2, 0.25) is 0 Å². The van der Waals surface area contributed by atoms with Gasteiger partial charge in [-0.2, -0.15) is 0 Å². The van der Waals surface area contributed by atoms with Gasteiger partial charge in [0.25, 0.3) is 0 Å². The fourth-order valence-corrected chi connectivity index (χ4v) is 7.65. The van der Waals surface area contributed by atoms with Crippen LogP contribution >= 0.6 is 0 Å². The highest BCUT2D eigenvalue weighted by Crippen LogP contribution is 2.44. The number of anilines is 3. The van der Waals surface area contributed by atoms with Crippen molar-refractivity contribution >= 4 is 71.1 Å². The third-order valence-corrected chi connectivity index (χ3v) is 10.0. The lowest BCUT2D eigenvalue weighted by molar-refractivity contribution is 0.631. The molecule has 0 radical (unpaired) electrons. The Morgan fingerprint density at radius 1 is 0.340 bits per heavy atom. The minimum absolute atomic E-state index is 0.856. The van der Waals surface area contributed by atoms with Crippen molar-refractivity contribution in [2.75, 3.05) is 4.90 Å². The van der Waals surface area contributed by atoms with E-state index >= 15 is 0 Å². The van der Waals surface area contributed by atoms with Crippen LogP contribution < -0.4 is 4.90 Å². The Morgan fingerprint density at radius 2 is 0.920 bits per heavy atom. The number of fused-ring (bicyclic) bond motifs is 7. The Labute approximate surface area is 290 Å². The summed E-state index contributed by atoms with van der Waals surface area (Å²) >= 11 is 0. The zero-order valence-electron chi connectivity index (χ0n) is 27.3. The van der Waals surface area contributed by atoms with Crippen LogP contribution in [0.4, 0.5) is 17.1 Å². The summed E-state index contributed by atoms with van der Waals surface area (Å²) in [6, 6.07) is 67.6. The highest BCUT2D eigenvalue weighted by molar-refractivity contribution is 6.15. The molecule has 1 aromatic heterocycles. The van der Waals surface area contributed by atoms with Crippen LogP contribution in [0.5, 0.6) is 0 Å². The molecule has 0 amide bonds. The van der Waals surface area contributed by atoms with E-state index in [1.54, 1.807) is 0 Å². The van der Waals surface area contributed by atoms with Gasteiger partial charge in [-0.15, -0.1) is 0 Å². The van der Waals surface area contributed by atoms with E-state index in [4.69, 9.17) is 4.42 Å². The van der Waals surface area contributed by atoms with Gasteiger partial charge in [0, 0.05) is 27.7 Å². The van der Waals surface area contributed by atoms with Gasteiger partial charge in [-0.25, -0.2) is 0 Å². The number of benzene rings is 9. The maximum atomic E-state index is 6.34. The summed E-state index contributed by atoms with van der Waals surface area (Å²) in [5, 5.41) is 11.1. The lowest BCUT2D eigenvalue weighted by Gasteiger charge is -2.28. The number of furan rings is 1. The molecule has 1 heterocycles. The van der Waals surface area contributed by atoms with Crippen molar-refractivity contribution in [3.8, 4) is 22.5 Å². The Balaban J connectivity index is 1.18. The predicted molar refractivity (Wildman–Crippen MR) is 212 cm³/mol. The molecular weight excluding hydrogens is 607 g/mol. The quantitative estimate of drug-likeness (QED) is 0.175. The van der Waals surface area contributed by atoms with E-state index in [-0.39, 0.29) is 0 Å². The largest absolute Gasteiger partial charge is 0.456 e. The first-order chi connectivity index (χ1) is 24.8. The molecule has 0 aliphatic heterocycles. The van der Waals surface area contributed by atoms with E-state index in [9.17, 15) is 0 Å². The highest BCUT2D eigenvalue weighted by Gasteiger charge is 2.19. The zero-order valence-corrected chi connectivity index (χ0v) is 27.3. The van der Waals surface area contributed by atoms with Gasteiger partial charge < -0.3 is 9.32 Å². The maximum Gasteiger partial charge on any atom is 0.135 e. The van der Waals surface area contributed by atoms with Crippen LogP contribution in [-0.2, 0) is 0 Å². The van der Waals surface area contributed by atoms with E-state index in [0.717, 1.165) is 39.4 Å². The Morgan fingerprint density at radius 3 is 1.64 bits per heavy atom. The molecule has 0 saturated heterocycles. The molecule has 0 spiro atoms. The number of nitrogens with zero attached hydrogens (tertiary/aromatic N) is 1. The molecule has 2 heteroatoms. The average molecular weight is 638 g/mol. The molecular formula is C48H31NO. The minimum Gasteiger partial charge on any atom is -0.456 e. The second-order valence-corrected chi connectivity index (χ2v) is 12.9. The van der Waals surface area contributed by atoms with Crippen molar-refractivity contribution in [3.05, 3.63) is 188 Å². The number of rotatable bonds is 5. The van der Waals surface area contributed by atoms with Gasteiger partial charge in [-0.1, -0.05) is 140 Å². The van der Waals surface area contributed by atoms with Gasteiger partial charge in [0.15, 0.2) is 0 Å². The van der Waals surface area contributed by atoms with Gasteiger partial charge in [-0.3, -0.25) is 0 Å². The summed E-state index contributed by atoms with van der Waals surface area (Å²) in [6.07, 6.45) is 0. The molecule has 2 nitrogen and oxygen atoms in total. The van der Waals surface area contributed by atoms with Gasteiger partial charge in [0.05, 0.1) is 5.69 Å². The normalized spacial score (nSPS) is 11.6. The van der Waals surface area contributed by atoms with Crippen molar-refractivity contribution < 1.29 is 4.42 Å². The summed E-state index contributed by atoms with van der Waals surface area (Å²) in [6.45, 7) is 0. The Kier molecular flexibility index (Phi) is 6.53. The molecule has 0 saturated carbocycles. The summed E-state index contributed by atoms with van der Waals surface area (Å²) in [5.74, 6) is 0.856. The molecule has 0 fully saturated rings. The first kappa shape index (κ1) is 28.4. The fourth-order valence-electron chi connectivity index (χ4n) is 7.65. The second kappa shape index (κ2) is 11.5. The SMILES string of the molecule is c1cc(-c2cc3ccccc3o2)cc(N(c2ccc(-c3cc4ccccc4c4ccccc34)cc2)c2cc3ccccc3c3ccccc23)c1. The van der Waals surface area contributed by atoms with Crippen LogP contribution in [0.25, 0.3) is 76.5 Å². The molecule has 0 aliphatic rings. The van der Waals surface area contributed by atoms with Crippen LogP contribution in [0.1, 0.15) is 0 Å². The van der Waals surface area contributed by atoms with E-state index in [1.165, 1.54) is 54.2 Å². The topological polar surface area (TPSA) is 16.4 Å². The molecule has 10 aromatic rings. The zero-order chi connectivity index (χ0) is 33.0. The summed E-state index contributed by atoms with van der Waals surface area (Å²) in [7, 11) is 0. The predicted octanol–water partition coefficient (Wildman–Crippen LogP) is 13.8.